The molecule has 1 aromatic carbocycles. The molecule has 1 heterocycles. The molecule has 1 N–H and O–H groups in total. The molecule has 2 rings (SSSR count). The number of nitrogens with zero attached hydrogens (tertiary/aromatic N) is 1. The Morgan fingerprint density at radius 3 is 2.73 bits per heavy atom. The summed E-state index contributed by atoms with van der Waals surface area (Å²) >= 11 is 0. The highest BCUT2D eigenvalue weighted by Gasteiger charge is 2.18. The molecule has 1 unspecified atom stereocenters. The van der Waals surface area contributed by atoms with E-state index in [9.17, 15) is 5.11 Å². The zero-order valence-corrected chi connectivity index (χ0v) is 9.02. The monoisotopic (exact) mass is 207 g/mol. The van der Waals surface area contributed by atoms with E-state index in [0.717, 1.165) is 31.9 Å². The van der Waals surface area contributed by atoms with E-state index in [2.05, 4.69) is 17.9 Å². The summed E-state index contributed by atoms with van der Waals surface area (Å²) in [7, 11) is 0. The molecule has 1 fully saturated rings. The van der Waals surface area contributed by atoms with Gasteiger partial charge in [0, 0.05) is 19.1 Å². The summed E-state index contributed by atoms with van der Waals surface area (Å²) in [6.07, 6.45) is 0. The van der Waals surface area contributed by atoms with Crippen LogP contribution >= 0.6 is 0 Å². The van der Waals surface area contributed by atoms with Gasteiger partial charge in [0.25, 0.3) is 0 Å². The SMILES string of the molecule is CC(c1cccc(O)c1)N1CCOCC1. The second-order valence-electron chi connectivity index (χ2n) is 3.92. The number of hydrogen-bond acceptors (Lipinski definition) is 3. The van der Waals surface area contributed by atoms with E-state index >= 15 is 0 Å². The highest BCUT2D eigenvalue weighted by molar-refractivity contribution is 5.29. The van der Waals surface area contributed by atoms with Gasteiger partial charge in [-0.3, -0.25) is 4.90 Å². The van der Waals surface area contributed by atoms with Crippen LogP contribution in [0, 0.1) is 0 Å². The van der Waals surface area contributed by atoms with Gasteiger partial charge in [-0.05, 0) is 24.6 Å². The first-order chi connectivity index (χ1) is 7.27. The normalized spacial score (nSPS) is 20.1. The van der Waals surface area contributed by atoms with Gasteiger partial charge in [-0.1, -0.05) is 12.1 Å². The van der Waals surface area contributed by atoms with Crippen molar-refractivity contribution in [2.24, 2.45) is 0 Å². The highest BCUT2D eigenvalue weighted by atomic mass is 16.5. The van der Waals surface area contributed by atoms with Gasteiger partial charge in [0.1, 0.15) is 5.75 Å². The fraction of sp³-hybridized carbons (Fsp3) is 0.500. The Balaban J connectivity index is 2.08. The second-order valence-corrected chi connectivity index (χ2v) is 3.92. The Kier molecular flexibility index (Phi) is 3.23. The molecule has 0 spiro atoms. The zero-order valence-electron chi connectivity index (χ0n) is 9.02. The third-order valence-electron chi connectivity index (χ3n) is 2.95. The molecule has 0 amide bonds. The first-order valence-corrected chi connectivity index (χ1v) is 5.38. The van der Waals surface area contributed by atoms with E-state index in [-0.39, 0.29) is 0 Å². The Morgan fingerprint density at radius 2 is 2.07 bits per heavy atom. The maximum Gasteiger partial charge on any atom is 0.115 e. The summed E-state index contributed by atoms with van der Waals surface area (Å²) in [4.78, 5) is 2.37. The van der Waals surface area contributed by atoms with E-state index < -0.39 is 0 Å². The van der Waals surface area contributed by atoms with Gasteiger partial charge >= 0.3 is 0 Å². The maximum absolute atomic E-state index is 9.42. The Bertz CT molecular complexity index is 321. The highest BCUT2D eigenvalue weighted by Crippen LogP contribution is 2.23. The molecule has 0 radical (unpaired) electrons. The molecule has 3 nitrogen and oxygen atoms in total. The van der Waals surface area contributed by atoms with Crippen LogP contribution in [-0.4, -0.2) is 36.3 Å². The van der Waals surface area contributed by atoms with Crippen LogP contribution in [0.3, 0.4) is 0 Å². The Labute approximate surface area is 90.3 Å². The van der Waals surface area contributed by atoms with E-state index in [4.69, 9.17) is 4.74 Å². The minimum absolute atomic E-state index is 0.340. The minimum Gasteiger partial charge on any atom is -0.508 e. The van der Waals surface area contributed by atoms with Crippen molar-refractivity contribution in [2.75, 3.05) is 26.3 Å². The largest absolute Gasteiger partial charge is 0.508 e. The van der Waals surface area contributed by atoms with Crippen molar-refractivity contribution in [3.63, 3.8) is 0 Å². The van der Waals surface area contributed by atoms with Gasteiger partial charge in [-0.15, -0.1) is 0 Å². The van der Waals surface area contributed by atoms with Gasteiger partial charge in [0.05, 0.1) is 13.2 Å². The fourth-order valence-electron chi connectivity index (χ4n) is 1.96. The molecule has 3 heteroatoms. The molecule has 1 saturated heterocycles. The van der Waals surface area contributed by atoms with Crippen molar-refractivity contribution >= 4 is 0 Å². The number of phenols is 1. The van der Waals surface area contributed by atoms with Gasteiger partial charge in [-0.2, -0.15) is 0 Å². The zero-order chi connectivity index (χ0) is 10.7. The smallest absolute Gasteiger partial charge is 0.115 e. The molecule has 1 aliphatic heterocycles. The lowest BCUT2D eigenvalue weighted by atomic mass is 10.1. The molecule has 0 saturated carbocycles. The van der Waals surface area contributed by atoms with E-state index in [1.54, 1.807) is 6.07 Å². The summed E-state index contributed by atoms with van der Waals surface area (Å²) < 4.78 is 5.32. The molecular formula is C12H17NO2. The van der Waals surface area contributed by atoms with Crippen LogP contribution in [0.2, 0.25) is 0 Å². The Hall–Kier alpha value is -1.06. The van der Waals surface area contributed by atoms with Crippen LogP contribution in [0.25, 0.3) is 0 Å². The summed E-state index contributed by atoms with van der Waals surface area (Å²) in [6, 6.07) is 7.83. The van der Waals surface area contributed by atoms with E-state index in [1.807, 2.05) is 12.1 Å². The predicted molar refractivity (Wildman–Crippen MR) is 58.9 cm³/mol. The number of ether oxygens (including phenoxy) is 1. The third kappa shape index (κ3) is 2.49. The van der Waals surface area contributed by atoms with Gasteiger partial charge in [0.15, 0.2) is 0 Å². The standard InChI is InChI=1S/C12H17NO2/c1-10(13-5-7-15-8-6-13)11-3-2-4-12(14)9-11/h2-4,9-10,14H,5-8H2,1H3. The van der Waals surface area contributed by atoms with Crippen LogP contribution in [0.5, 0.6) is 5.75 Å². The van der Waals surface area contributed by atoms with Crippen LogP contribution in [0.15, 0.2) is 24.3 Å². The quantitative estimate of drug-likeness (QED) is 0.802. The lowest BCUT2D eigenvalue weighted by Gasteiger charge is -2.32. The first kappa shape index (κ1) is 10.5. The Morgan fingerprint density at radius 1 is 1.33 bits per heavy atom. The van der Waals surface area contributed by atoms with Gasteiger partial charge < -0.3 is 9.84 Å². The molecule has 0 bridgehead atoms. The molecule has 1 aliphatic rings. The predicted octanol–water partition coefficient (Wildman–Crippen LogP) is 1.79. The number of morpholine rings is 1. The summed E-state index contributed by atoms with van der Waals surface area (Å²) in [5.74, 6) is 0.340. The number of hydrogen-bond donors (Lipinski definition) is 1. The molecule has 82 valence electrons. The third-order valence-corrected chi connectivity index (χ3v) is 2.95. The van der Waals surface area contributed by atoms with Crippen molar-refractivity contribution < 1.29 is 9.84 Å². The van der Waals surface area contributed by atoms with Crippen LogP contribution in [0.4, 0.5) is 0 Å². The van der Waals surface area contributed by atoms with E-state index in [1.165, 1.54) is 0 Å². The number of rotatable bonds is 2. The van der Waals surface area contributed by atoms with Crippen molar-refractivity contribution in [3.05, 3.63) is 29.8 Å². The maximum atomic E-state index is 9.42. The van der Waals surface area contributed by atoms with Crippen LogP contribution in [0.1, 0.15) is 18.5 Å². The lowest BCUT2D eigenvalue weighted by molar-refractivity contribution is 0.0198. The average Bonchev–Trinajstić information content (AvgIpc) is 2.29. The summed E-state index contributed by atoms with van der Waals surface area (Å²) in [5.41, 5.74) is 1.16. The van der Waals surface area contributed by atoms with Crippen LogP contribution in [-0.2, 0) is 4.74 Å². The van der Waals surface area contributed by atoms with Crippen molar-refractivity contribution in [1.29, 1.82) is 0 Å². The lowest BCUT2D eigenvalue weighted by Crippen LogP contribution is -2.37. The van der Waals surface area contributed by atoms with Gasteiger partial charge in [0.2, 0.25) is 0 Å². The molecule has 0 aliphatic carbocycles. The summed E-state index contributed by atoms with van der Waals surface area (Å²) in [5, 5.41) is 9.42. The van der Waals surface area contributed by atoms with Crippen molar-refractivity contribution in [2.45, 2.75) is 13.0 Å². The number of benzene rings is 1. The minimum atomic E-state index is 0.340. The van der Waals surface area contributed by atoms with Crippen molar-refractivity contribution in [3.8, 4) is 5.75 Å². The average molecular weight is 207 g/mol. The second kappa shape index (κ2) is 4.64. The topological polar surface area (TPSA) is 32.7 Å². The summed E-state index contributed by atoms with van der Waals surface area (Å²) in [6.45, 7) is 5.72. The molecule has 1 atom stereocenters. The molecule has 1 aromatic rings. The molecule has 0 aromatic heterocycles. The number of phenolic OH excluding ortho intramolecular Hbond substituents is 1. The molecule has 15 heavy (non-hydrogen) atoms. The van der Waals surface area contributed by atoms with Crippen molar-refractivity contribution in [1.82, 2.24) is 4.90 Å². The van der Waals surface area contributed by atoms with E-state index in [0.29, 0.717) is 11.8 Å². The first-order valence-electron chi connectivity index (χ1n) is 5.38. The van der Waals surface area contributed by atoms with Gasteiger partial charge in [-0.25, -0.2) is 0 Å². The van der Waals surface area contributed by atoms with Crippen LogP contribution < -0.4 is 0 Å². The molecular weight excluding hydrogens is 190 g/mol. The fourth-order valence-corrected chi connectivity index (χ4v) is 1.96. The number of aromatic hydroxyl groups is 1.